The number of rotatable bonds is 4. The number of aliphatic hydroxyl groups excluding tert-OH is 1. The third-order valence-electron chi connectivity index (χ3n) is 4.87. The van der Waals surface area contributed by atoms with Crippen LogP contribution in [-0.2, 0) is 0 Å². The van der Waals surface area contributed by atoms with E-state index in [9.17, 15) is 15.2 Å². The van der Waals surface area contributed by atoms with Crippen molar-refractivity contribution in [3.63, 3.8) is 0 Å². The zero-order valence-corrected chi connectivity index (χ0v) is 15.6. The van der Waals surface area contributed by atoms with Crippen LogP contribution in [0.2, 0.25) is 0 Å². The van der Waals surface area contributed by atoms with E-state index < -0.39 is 0 Å². The molecule has 2 aromatic heterocycles. The van der Waals surface area contributed by atoms with Crippen LogP contribution in [0.5, 0.6) is 0 Å². The standard InChI is InChI=1S/C20H19N7O2/c21-11-15(19-24-16-4-2-1-3-14(16)20(29)25-19)17(28)13-26-7-9-27(10-8-26)18-12-22-5-6-23-18/h1-6,12,28H,7-10,13H2,(H,24,25,29)/b17-15-. The fourth-order valence-corrected chi connectivity index (χ4v) is 3.34. The first kappa shape index (κ1) is 18.6. The Morgan fingerprint density at radius 3 is 2.72 bits per heavy atom. The predicted molar refractivity (Wildman–Crippen MR) is 108 cm³/mol. The molecule has 4 rings (SSSR count). The number of H-pyrrole nitrogens is 1. The van der Waals surface area contributed by atoms with Gasteiger partial charge in [0.1, 0.15) is 23.2 Å². The number of allylic oxidation sites excluding steroid dienone is 1. The fraction of sp³-hybridized carbons (Fsp3) is 0.250. The number of piperazine rings is 1. The van der Waals surface area contributed by atoms with Crippen LogP contribution in [0.4, 0.5) is 5.82 Å². The maximum absolute atomic E-state index is 12.3. The third kappa shape index (κ3) is 3.93. The first-order chi connectivity index (χ1) is 14.2. The average Bonchev–Trinajstić information content (AvgIpc) is 2.75. The number of anilines is 1. The van der Waals surface area contributed by atoms with Crippen LogP contribution in [0.3, 0.4) is 0 Å². The van der Waals surface area contributed by atoms with E-state index in [1.807, 2.05) is 11.0 Å². The van der Waals surface area contributed by atoms with Gasteiger partial charge in [0.25, 0.3) is 5.56 Å². The van der Waals surface area contributed by atoms with Gasteiger partial charge in [0.2, 0.25) is 0 Å². The topological polar surface area (TPSA) is 122 Å². The Morgan fingerprint density at radius 2 is 2.00 bits per heavy atom. The zero-order chi connectivity index (χ0) is 20.2. The summed E-state index contributed by atoms with van der Waals surface area (Å²) in [5, 5.41) is 20.6. The van der Waals surface area contributed by atoms with Gasteiger partial charge in [0, 0.05) is 38.6 Å². The van der Waals surface area contributed by atoms with Crippen molar-refractivity contribution in [1.82, 2.24) is 24.8 Å². The summed E-state index contributed by atoms with van der Waals surface area (Å²) in [6.07, 6.45) is 5.02. The largest absolute Gasteiger partial charge is 0.509 e. The van der Waals surface area contributed by atoms with E-state index in [1.165, 1.54) is 0 Å². The fourth-order valence-electron chi connectivity index (χ4n) is 3.34. The number of nitriles is 1. The lowest BCUT2D eigenvalue weighted by Crippen LogP contribution is -2.47. The van der Waals surface area contributed by atoms with E-state index in [-0.39, 0.29) is 29.3 Å². The molecule has 1 aliphatic rings. The quantitative estimate of drug-likeness (QED) is 0.506. The summed E-state index contributed by atoms with van der Waals surface area (Å²) in [6, 6.07) is 8.86. The molecule has 9 nitrogen and oxygen atoms in total. The van der Waals surface area contributed by atoms with Crippen LogP contribution in [0.25, 0.3) is 16.5 Å². The molecule has 0 radical (unpaired) electrons. The van der Waals surface area contributed by atoms with Gasteiger partial charge in [-0.2, -0.15) is 5.26 Å². The lowest BCUT2D eigenvalue weighted by molar-refractivity contribution is 0.238. The summed E-state index contributed by atoms with van der Waals surface area (Å²) in [5.74, 6) is 0.786. The van der Waals surface area contributed by atoms with Crippen LogP contribution in [0, 0.1) is 11.3 Å². The monoisotopic (exact) mass is 389 g/mol. The number of nitrogens with one attached hydrogen (secondary N) is 1. The molecule has 29 heavy (non-hydrogen) atoms. The molecule has 0 spiro atoms. The van der Waals surface area contributed by atoms with Gasteiger partial charge < -0.3 is 15.0 Å². The summed E-state index contributed by atoms with van der Waals surface area (Å²) in [5.41, 5.74) is 0.109. The molecular formula is C20H19N7O2. The molecule has 0 amide bonds. The number of hydrogen-bond acceptors (Lipinski definition) is 8. The molecule has 1 aromatic carbocycles. The summed E-state index contributed by atoms with van der Waals surface area (Å²) in [4.78, 5) is 31.8. The van der Waals surface area contributed by atoms with E-state index >= 15 is 0 Å². The summed E-state index contributed by atoms with van der Waals surface area (Å²) >= 11 is 0. The van der Waals surface area contributed by atoms with Gasteiger partial charge in [-0.3, -0.25) is 14.7 Å². The second-order valence-electron chi connectivity index (χ2n) is 6.69. The molecular weight excluding hydrogens is 370 g/mol. The number of benzene rings is 1. The molecule has 3 aromatic rings. The van der Waals surface area contributed by atoms with E-state index in [2.05, 4.69) is 24.8 Å². The normalized spacial score (nSPS) is 15.8. The molecule has 0 bridgehead atoms. The number of nitrogens with zero attached hydrogens (tertiary/aromatic N) is 6. The van der Waals surface area contributed by atoms with Crippen LogP contribution >= 0.6 is 0 Å². The van der Waals surface area contributed by atoms with Crippen LogP contribution in [0.1, 0.15) is 5.82 Å². The average molecular weight is 389 g/mol. The van der Waals surface area contributed by atoms with Crippen molar-refractivity contribution >= 4 is 22.3 Å². The van der Waals surface area contributed by atoms with Gasteiger partial charge in [0.05, 0.1) is 23.6 Å². The Balaban J connectivity index is 1.51. The Hall–Kier alpha value is -3.77. The lowest BCUT2D eigenvalue weighted by Gasteiger charge is -2.35. The van der Waals surface area contributed by atoms with Crippen LogP contribution in [-0.4, -0.2) is 62.7 Å². The minimum Gasteiger partial charge on any atom is -0.509 e. The van der Waals surface area contributed by atoms with E-state index in [1.54, 1.807) is 42.9 Å². The molecule has 1 saturated heterocycles. The second-order valence-corrected chi connectivity index (χ2v) is 6.69. The summed E-state index contributed by atoms with van der Waals surface area (Å²) < 4.78 is 0. The lowest BCUT2D eigenvalue weighted by atomic mass is 10.2. The Kier molecular flexibility index (Phi) is 5.18. The van der Waals surface area contributed by atoms with Crippen molar-refractivity contribution in [2.45, 2.75) is 0 Å². The first-order valence-electron chi connectivity index (χ1n) is 9.20. The molecule has 1 fully saturated rings. The molecule has 2 N–H and O–H groups in total. The summed E-state index contributed by atoms with van der Waals surface area (Å²) in [6.45, 7) is 3.06. The van der Waals surface area contributed by atoms with Crippen LogP contribution in [0.15, 0.2) is 53.4 Å². The van der Waals surface area contributed by atoms with Gasteiger partial charge in [-0.15, -0.1) is 0 Å². The Morgan fingerprint density at radius 1 is 1.21 bits per heavy atom. The molecule has 0 aliphatic carbocycles. The minimum absolute atomic E-state index is 0.0239. The highest BCUT2D eigenvalue weighted by molar-refractivity contribution is 5.81. The summed E-state index contributed by atoms with van der Waals surface area (Å²) in [7, 11) is 0. The van der Waals surface area contributed by atoms with E-state index in [0.29, 0.717) is 24.0 Å². The number of para-hydroxylation sites is 1. The van der Waals surface area contributed by atoms with Crippen molar-refractivity contribution < 1.29 is 5.11 Å². The van der Waals surface area contributed by atoms with E-state index in [0.717, 1.165) is 18.9 Å². The minimum atomic E-state index is -0.344. The van der Waals surface area contributed by atoms with Crippen molar-refractivity contribution in [3.8, 4) is 6.07 Å². The van der Waals surface area contributed by atoms with Crippen molar-refractivity contribution in [2.75, 3.05) is 37.6 Å². The smallest absolute Gasteiger partial charge is 0.259 e. The number of aromatic nitrogens is 4. The maximum atomic E-state index is 12.3. The van der Waals surface area contributed by atoms with Crippen molar-refractivity contribution in [1.29, 1.82) is 5.26 Å². The number of aliphatic hydroxyl groups is 1. The SMILES string of the molecule is N#C/C(=C(/O)CN1CCN(c2cnccn2)CC1)c1nc2ccccc2c(=O)[nH]1. The molecule has 0 saturated carbocycles. The van der Waals surface area contributed by atoms with Crippen molar-refractivity contribution in [3.05, 3.63) is 64.8 Å². The number of fused-ring (bicyclic) bond motifs is 1. The molecule has 0 atom stereocenters. The maximum Gasteiger partial charge on any atom is 0.259 e. The number of hydrogen-bond donors (Lipinski definition) is 2. The second kappa shape index (κ2) is 8.08. The molecule has 1 aliphatic heterocycles. The van der Waals surface area contributed by atoms with E-state index in [4.69, 9.17) is 0 Å². The van der Waals surface area contributed by atoms with Gasteiger partial charge in [0.15, 0.2) is 5.82 Å². The number of aromatic amines is 1. The van der Waals surface area contributed by atoms with Gasteiger partial charge in [-0.1, -0.05) is 12.1 Å². The predicted octanol–water partition coefficient (Wildman–Crippen LogP) is 1.33. The molecule has 9 heteroatoms. The van der Waals surface area contributed by atoms with Crippen LogP contribution < -0.4 is 10.5 Å². The first-order valence-corrected chi connectivity index (χ1v) is 9.20. The Labute approximate surface area is 166 Å². The zero-order valence-electron chi connectivity index (χ0n) is 15.6. The molecule has 146 valence electrons. The molecule has 3 heterocycles. The highest BCUT2D eigenvalue weighted by atomic mass is 16.3. The van der Waals surface area contributed by atoms with Gasteiger partial charge in [-0.05, 0) is 12.1 Å². The third-order valence-corrected chi connectivity index (χ3v) is 4.87. The highest BCUT2D eigenvalue weighted by Gasteiger charge is 2.21. The Bertz CT molecular complexity index is 1140. The highest BCUT2D eigenvalue weighted by Crippen LogP contribution is 2.17. The van der Waals surface area contributed by atoms with Crippen molar-refractivity contribution in [2.24, 2.45) is 0 Å². The van der Waals surface area contributed by atoms with Gasteiger partial charge >= 0.3 is 0 Å². The molecule has 0 unspecified atom stereocenters. The van der Waals surface area contributed by atoms with Gasteiger partial charge in [-0.25, -0.2) is 9.97 Å².